The predicted molar refractivity (Wildman–Crippen MR) is 101 cm³/mol. The highest BCUT2D eigenvalue weighted by Crippen LogP contribution is 2.28. The lowest BCUT2D eigenvalue weighted by Crippen LogP contribution is -2.43. The lowest BCUT2D eigenvalue weighted by Gasteiger charge is -2.35. The Bertz CT molecular complexity index is 744. The Morgan fingerprint density at radius 1 is 1.36 bits per heavy atom. The number of hydrogen-bond acceptors (Lipinski definition) is 5. The summed E-state index contributed by atoms with van der Waals surface area (Å²) in [5.74, 6) is -0.0755. The molecule has 1 saturated heterocycles. The molecule has 0 spiro atoms. The van der Waals surface area contributed by atoms with Crippen molar-refractivity contribution in [2.24, 2.45) is 0 Å². The number of aryl methyl sites for hydroxylation is 2. The van der Waals surface area contributed by atoms with Gasteiger partial charge in [0.25, 0.3) is 5.91 Å². The van der Waals surface area contributed by atoms with Crippen LogP contribution in [0.3, 0.4) is 0 Å². The number of carbonyl (C=O) groups excluding carboxylic acids is 1. The first-order chi connectivity index (χ1) is 12.1. The van der Waals surface area contributed by atoms with Gasteiger partial charge in [0, 0.05) is 24.7 Å². The van der Waals surface area contributed by atoms with Crippen molar-refractivity contribution in [3.05, 3.63) is 50.4 Å². The van der Waals surface area contributed by atoms with Gasteiger partial charge in [0.15, 0.2) is 0 Å². The molecule has 5 nitrogen and oxygen atoms in total. The molecular formula is C18H22ClN3O2S. The molecule has 0 radical (unpaired) electrons. The fourth-order valence-corrected chi connectivity index (χ4v) is 4.18. The van der Waals surface area contributed by atoms with E-state index in [0.717, 1.165) is 34.4 Å². The van der Waals surface area contributed by atoms with Crippen LogP contribution in [0.25, 0.3) is 0 Å². The quantitative estimate of drug-likeness (QED) is 0.866. The van der Waals surface area contributed by atoms with Crippen LogP contribution < -0.4 is 5.32 Å². The van der Waals surface area contributed by atoms with E-state index >= 15 is 0 Å². The van der Waals surface area contributed by atoms with Gasteiger partial charge in [-0.15, -0.1) is 11.3 Å². The third-order valence-electron chi connectivity index (χ3n) is 4.32. The van der Waals surface area contributed by atoms with Gasteiger partial charge in [0.2, 0.25) is 0 Å². The molecule has 0 bridgehead atoms. The van der Waals surface area contributed by atoms with Gasteiger partial charge in [-0.3, -0.25) is 9.69 Å². The summed E-state index contributed by atoms with van der Waals surface area (Å²) in [4.78, 5) is 19.9. The lowest BCUT2D eigenvalue weighted by atomic mass is 10.0. The second-order valence-corrected chi connectivity index (χ2v) is 7.65. The molecule has 1 atom stereocenters. The number of benzene rings is 1. The van der Waals surface area contributed by atoms with Crippen LogP contribution in [-0.4, -0.2) is 48.6 Å². The number of carbonyl (C=O) groups is 1. The zero-order valence-corrected chi connectivity index (χ0v) is 16.0. The smallest absolute Gasteiger partial charge is 0.263 e. The molecule has 1 amide bonds. The number of thiazole rings is 1. The first kappa shape index (κ1) is 18.3. The van der Waals surface area contributed by atoms with Crippen molar-refractivity contribution in [2.75, 3.05) is 32.8 Å². The van der Waals surface area contributed by atoms with Gasteiger partial charge in [-0.2, -0.15) is 0 Å². The molecule has 2 heterocycles. The summed E-state index contributed by atoms with van der Waals surface area (Å²) in [6.07, 6.45) is 0. The zero-order valence-electron chi connectivity index (χ0n) is 14.4. The van der Waals surface area contributed by atoms with Gasteiger partial charge < -0.3 is 10.1 Å². The molecule has 1 aliphatic heterocycles. The largest absolute Gasteiger partial charge is 0.379 e. The fourth-order valence-electron chi connectivity index (χ4n) is 3.08. The van der Waals surface area contributed by atoms with Gasteiger partial charge in [-0.1, -0.05) is 29.8 Å². The minimum atomic E-state index is -0.0755. The van der Waals surface area contributed by atoms with E-state index in [9.17, 15) is 4.79 Å². The van der Waals surface area contributed by atoms with E-state index in [1.165, 1.54) is 11.3 Å². The molecule has 1 aromatic heterocycles. The summed E-state index contributed by atoms with van der Waals surface area (Å²) in [6, 6.07) is 7.84. The fraction of sp³-hybridized carbons (Fsp3) is 0.444. The maximum atomic E-state index is 12.6. The summed E-state index contributed by atoms with van der Waals surface area (Å²) in [6.45, 7) is 7.32. The topological polar surface area (TPSA) is 54.5 Å². The SMILES string of the molecule is Cc1nc(C)c(C(=O)NCC(c2ccccc2Cl)N2CCOCC2)s1. The Morgan fingerprint density at radius 2 is 2.08 bits per heavy atom. The number of halogens is 1. The van der Waals surface area contributed by atoms with Crippen molar-refractivity contribution < 1.29 is 9.53 Å². The van der Waals surface area contributed by atoms with Gasteiger partial charge in [-0.25, -0.2) is 4.98 Å². The molecule has 7 heteroatoms. The molecule has 1 aromatic carbocycles. The monoisotopic (exact) mass is 379 g/mol. The molecule has 134 valence electrons. The number of rotatable bonds is 5. The van der Waals surface area contributed by atoms with E-state index in [-0.39, 0.29) is 11.9 Å². The highest BCUT2D eigenvalue weighted by molar-refractivity contribution is 7.13. The second-order valence-electron chi connectivity index (χ2n) is 6.04. The van der Waals surface area contributed by atoms with E-state index in [2.05, 4.69) is 15.2 Å². The molecule has 3 rings (SSSR count). The number of morpholine rings is 1. The molecule has 25 heavy (non-hydrogen) atoms. The number of nitrogens with zero attached hydrogens (tertiary/aromatic N) is 2. The van der Waals surface area contributed by atoms with Crippen LogP contribution >= 0.6 is 22.9 Å². The molecule has 1 unspecified atom stereocenters. The highest BCUT2D eigenvalue weighted by Gasteiger charge is 2.25. The minimum Gasteiger partial charge on any atom is -0.379 e. The first-order valence-corrected chi connectivity index (χ1v) is 9.54. The van der Waals surface area contributed by atoms with Gasteiger partial charge in [0.05, 0.1) is 30.0 Å². The molecule has 1 aliphatic rings. The van der Waals surface area contributed by atoms with Crippen LogP contribution in [-0.2, 0) is 4.74 Å². The number of amides is 1. The zero-order chi connectivity index (χ0) is 17.8. The summed E-state index contributed by atoms with van der Waals surface area (Å²) in [5, 5.41) is 4.69. The Balaban J connectivity index is 1.77. The first-order valence-electron chi connectivity index (χ1n) is 8.34. The molecule has 1 N–H and O–H groups in total. The third kappa shape index (κ3) is 4.39. The summed E-state index contributed by atoms with van der Waals surface area (Å²) < 4.78 is 5.46. The number of hydrogen-bond donors (Lipinski definition) is 1. The Kier molecular flexibility index (Phi) is 6.06. The van der Waals surface area contributed by atoms with Gasteiger partial charge in [-0.05, 0) is 25.5 Å². The summed E-state index contributed by atoms with van der Waals surface area (Å²) >= 11 is 7.85. The highest BCUT2D eigenvalue weighted by atomic mass is 35.5. The summed E-state index contributed by atoms with van der Waals surface area (Å²) in [7, 11) is 0. The molecule has 1 fully saturated rings. The standard InChI is InChI=1S/C18H22ClN3O2S/c1-12-17(25-13(2)21-12)18(23)20-11-16(22-7-9-24-10-8-22)14-5-3-4-6-15(14)19/h3-6,16H,7-11H2,1-2H3,(H,20,23). The van der Waals surface area contributed by atoms with Crippen molar-refractivity contribution in [1.82, 2.24) is 15.2 Å². The maximum Gasteiger partial charge on any atom is 0.263 e. The van der Waals surface area contributed by atoms with E-state index in [4.69, 9.17) is 16.3 Å². The number of ether oxygens (including phenoxy) is 1. The van der Waals surface area contributed by atoms with Crippen LogP contribution in [0.1, 0.15) is 32.0 Å². The third-order valence-corrected chi connectivity index (χ3v) is 5.73. The minimum absolute atomic E-state index is 0.0240. The summed E-state index contributed by atoms with van der Waals surface area (Å²) in [5.41, 5.74) is 1.81. The predicted octanol–water partition coefficient (Wildman–Crippen LogP) is 3.22. The van der Waals surface area contributed by atoms with E-state index in [1.54, 1.807) is 0 Å². The van der Waals surface area contributed by atoms with Crippen LogP contribution in [0.5, 0.6) is 0 Å². The Hall–Kier alpha value is -1.47. The average Bonchev–Trinajstić information content (AvgIpc) is 2.96. The average molecular weight is 380 g/mol. The van der Waals surface area contributed by atoms with Crippen LogP contribution in [0, 0.1) is 13.8 Å². The molecule has 0 aliphatic carbocycles. The van der Waals surface area contributed by atoms with Gasteiger partial charge >= 0.3 is 0 Å². The normalized spacial score (nSPS) is 16.6. The van der Waals surface area contributed by atoms with Crippen molar-refractivity contribution in [2.45, 2.75) is 19.9 Å². The van der Waals surface area contributed by atoms with E-state index < -0.39 is 0 Å². The molecular weight excluding hydrogens is 358 g/mol. The van der Waals surface area contributed by atoms with Crippen LogP contribution in [0.2, 0.25) is 5.02 Å². The number of nitrogens with one attached hydrogen (secondary N) is 1. The lowest BCUT2D eigenvalue weighted by molar-refractivity contribution is 0.0162. The maximum absolute atomic E-state index is 12.6. The molecule has 0 saturated carbocycles. The Morgan fingerprint density at radius 3 is 2.72 bits per heavy atom. The van der Waals surface area contributed by atoms with Crippen molar-refractivity contribution >= 4 is 28.8 Å². The number of aromatic nitrogens is 1. The van der Waals surface area contributed by atoms with Crippen molar-refractivity contribution in [3.63, 3.8) is 0 Å². The van der Waals surface area contributed by atoms with E-state index in [0.29, 0.717) is 24.6 Å². The van der Waals surface area contributed by atoms with Gasteiger partial charge in [0.1, 0.15) is 4.88 Å². The van der Waals surface area contributed by atoms with Crippen molar-refractivity contribution in [3.8, 4) is 0 Å². The van der Waals surface area contributed by atoms with Crippen LogP contribution in [0.15, 0.2) is 24.3 Å². The van der Waals surface area contributed by atoms with Crippen molar-refractivity contribution in [1.29, 1.82) is 0 Å². The van der Waals surface area contributed by atoms with Crippen LogP contribution in [0.4, 0.5) is 0 Å². The Labute approximate surface area is 157 Å². The molecule has 2 aromatic rings. The second kappa shape index (κ2) is 8.27. The van der Waals surface area contributed by atoms with E-state index in [1.807, 2.05) is 38.1 Å².